The van der Waals surface area contributed by atoms with E-state index in [4.69, 9.17) is 0 Å². The molecule has 1 aliphatic carbocycles. The lowest BCUT2D eigenvalue weighted by Crippen LogP contribution is -2.16. The number of rotatable bonds is 2. The molecule has 1 unspecified atom stereocenters. The van der Waals surface area contributed by atoms with Crippen molar-refractivity contribution < 1.29 is 5.11 Å². The van der Waals surface area contributed by atoms with Crippen LogP contribution < -0.4 is 0 Å². The molecule has 0 spiro atoms. The molecule has 0 aromatic heterocycles. The Bertz CT molecular complexity index is 359. The molecule has 1 saturated carbocycles. The second-order valence-corrected chi connectivity index (χ2v) is 6.28. The summed E-state index contributed by atoms with van der Waals surface area (Å²) >= 11 is 6.95. The highest BCUT2D eigenvalue weighted by Crippen LogP contribution is 2.37. The van der Waals surface area contributed by atoms with Crippen molar-refractivity contribution in [3.05, 3.63) is 32.7 Å². The minimum Gasteiger partial charge on any atom is -0.388 e. The normalized spacial score (nSPS) is 19.7. The molecule has 0 heterocycles. The van der Waals surface area contributed by atoms with E-state index in [9.17, 15) is 5.11 Å². The molecular formula is C13H16Br2O. The average Bonchev–Trinajstić information content (AvgIpc) is 2.29. The van der Waals surface area contributed by atoms with Crippen molar-refractivity contribution in [2.45, 2.75) is 38.2 Å². The molecule has 1 aromatic carbocycles. The highest BCUT2D eigenvalue weighted by molar-refractivity contribution is 9.11. The molecule has 16 heavy (non-hydrogen) atoms. The van der Waals surface area contributed by atoms with Gasteiger partial charge in [0, 0.05) is 8.95 Å². The van der Waals surface area contributed by atoms with Crippen molar-refractivity contribution in [1.82, 2.24) is 0 Å². The maximum Gasteiger partial charge on any atom is 0.0829 e. The van der Waals surface area contributed by atoms with Crippen LogP contribution in [0.25, 0.3) is 0 Å². The van der Waals surface area contributed by atoms with Crippen LogP contribution in [0.15, 0.2) is 27.1 Å². The minimum atomic E-state index is -0.317. The Morgan fingerprint density at radius 1 is 1.12 bits per heavy atom. The molecule has 3 heteroatoms. The van der Waals surface area contributed by atoms with Gasteiger partial charge in [-0.1, -0.05) is 57.2 Å². The highest BCUT2D eigenvalue weighted by Gasteiger charge is 2.24. The van der Waals surface area contributed by atoms with Gasteiger partial charge in [0.15, 0.2) is 0 Å². The van der Waals surface area contributed by atoms with Crippen molar-refractivity contribution in [2.24, 2.45) is 5.92 Å². The number of benzene rings is 1. The zero-order chi connectivity index (χ0) is 11.5. The van der Waals surface area contributed by atoms with E-state index in [2.05, 4.69) is 31.9 Å². The predicted molar refractivity (Wildman–Crippen MR) is 73.4 cm³/mol. The molecule has 0 amide bonds. The second-order valence-electron chi connectivity index (χ2n) is 4.51. The standard InChI is InChI=1S/C13H16Br2O/c14-10-6-7-11(12(15)8-10)13(16)9-4-2-1-3-5-9/h6-9,13,16H,1-5H2. The molecule has 88 valence electrons. The largest absolute Gasteiger partial charge is 0.388 e. The smallest absolute Gasteiger partial charge is 0.0829 e. The lowest BCUT2D eigenvalue weighted by Gasteiger charge is -2.27. The zero-order valence-corrected chi connectivity index (χ0v) is 12.3. The molecule has 0 radical (unpaired) electrons. The topological polar surface area (TPSA) is 20.2 Å². The van der Waals surface area contributed by atoms with Crippen molar-refractivity contribution >= 4 is 31.9 Å². The fraction of sp³-hybridized carbons (Fsp3) is 0.538. The molecular weight excluding hydrogens is 332 g/mol. The lowest BCUT2D eigenvalue weighted by molar-refractivity contribution is 0.0842. The SMILES string of the molecule is OC(c1ccc(Br)cc1Br)C1CCCCC1. The van der Waals surface area contributed by atoms with Gasteiger partial charge in [-0.2, -0.15) is 0 Å². The maximum atomic E-state index is 10.4. The van der Waals surface area contributed by atoms with Crippen LogP contribution in [0.5, 0.6) is 0 Å². The summed E-state index contributed by atoms with van der Waals surface area (Å²) < 4.78 is 2.04. The van der Waals surface area contributed by atoms with E-state index in [1.807, 2.05) is 18.2 Å². The Kier molecular flexibility index (Phi) is 4.45. The van der Waals surface area contributed by atoms with Crippen LogP contribution in [0.2, 0.25) is 0 Å². The van der Waals surface area contributed by atoms with Crippen molar-refractivity contribution in [2.75, 3.05) is 0 Å². The van der Waals surface area contributed by atoms with Gasteiger partial charge in [-0.15, -0.1) is 0 Å². The molecule has 0 saturated heterocycles. The molecule has 1 fully saturated rings. The first kappa shape index (κ1) is 12.6. The molecule has 0 aliphatic heterocycles. The van der Waals surface area contributed by atoms with E-state index in [0.717, 1.165) is 27.4 Å². The first-order valence-corrected chi connectivity index (χ1v) is 7.40. The number of halogens is 2. The summed E-state index contributed by atoms with van der Waals surface area (Å²) in [6.45, 7) is 0. The third-order valence-corrected chi connectivity index (χ3v) is 4.56. The molecule has 1 nitrogen and oxygen atoms in total. The summed E-state index contributed by atoms with van der Waals surface area (Å²) in [5, 5.41) is 10.4. The Hall–Kier alpha value is 0.140. The molecule has 1 atom stereocenters. The summed E-state index contributed by atoms with van der Waals surface area (Å²) in [4.78, 5) is 0. The highest BCUT2D eigenvalue weighted by atomic mass is 79.9. The lowest BCUT2D eigenvalue weighted by atomic mass is 9.83. The van der Waals surface area contributed by atoms with Crippen LogP contribution in [0.1, 0.15) is 43.8 Å². The molecule has 1 aliphatic rings. The average molecular weight is 348 g/mol. The molecule has 2 rings (SSSR count). The summed E-state index contributed by atoms with van der Waals surface area (Å²) in [6.07, 6.45) is 5.84. The van der Waals surface area contributed by atoms with Crippen LogP contribution in [0.3, 0.4) is 0 Å². The van der Waals surface area contributed by atoms with E-state index in [1.165, 1.54) is 19.3 Å². The third kappa shape index (κ3) is 2.88. The van der Waals surface area contributed by atoms with Gasteiger partial charge in [-0.25, -0.2) is 0 Å². The van der Waals surface area contributed by atoms with Gasteiger partial charge in [-0.3, -0.25) is 0 Å². The van der Waals surface area contributed by atoms with Crippen LogP contribution >= 0.6 is 31.9 Å². The zero-order valence-electron chi connectivity index (χ0n) is 9.13. The Morgan fingerprint density at radius 2 is 1.81 bits per heavy atom. The number of hydrogen-bond donors (Lipinski definition) is 1. The number of hydrogen-bond acceptors (Lipinski definition) is 1. The van der Waals surface area contributed by atoms with Gasteiger partial charge in [0.1, 0.15) is 0 Å². The van der Waals surface area contributed by atoms with E-state index < -0.39 is 0 Å². The second kappa shape index (κ2) is 5.65. The molecule has 0 bridgehead atoms. The predicted octanol–water partition coefficient (Wildman–Crippen LogP) is 4.83. The van der Waals surface area contributed by atoms with E-state index in [1.54, 1.807) is 0 Å². The van der Waals surface area contributed by atoms with Crippen molar-refractivity contribution in [3.63, 3.8) is 0 Å². The first-order chi connectivity index (χ1) is 7.68. The Labute approximate surface area is 114 Å². The summed E-state index contributed by atoms with van der Waals surface area (Å²) in [7, 11) is 0. The fourth-order valence-electron chi connectivity index (χ4n) is 2.45. The monoisotopic (exact) mass is 346 g/mol. The van der Waals surface area contributed by atoms with Crippen LogP contribution in [0, 0.1) is 5.92 Å². The van der Waals surface area contributed by atoms with E-state index in [-0.39, 0.29) is 6.10 Å². The number of aliphatic hydroxyl groups is 1. The van der Waals surface area contributed by atoms with Gasteiger partial charge in [0.25, 0.3) is 0 Å². The number of aliphatic hydroxyl groups excluding tert-OH is 1. The van der Waals surface area contributed by atoms with Gasteiger partial charge in [0.2, 0.25) is 0 Å². The Balaban J connectivity index is 2.15. The van der Waals surface area contributed by atoms with Crippen molar-refractivity contribution in [1.29, 1.82) is 0 Å². The quantitative estimate of drug-likeness (QED) is 0.812. The van der Waals surface area contributed by atoms with Crippen LogP contribution in [-0.2, 0) is 0 Å². The fourth-order valence-corrected chi connectivity index (χ4v) is 3.73. The van der Waals surface area contributed by atoms with Crippen molar-refractivity contribution in [3.8, 4) is 0 Å². The first-order valence-electron chi connectivity index (χ1n) is 5.81. The van der Waals surface area contributed by atoms with Gasteiger partial charge >= 0.3 is 0 Å². The Morgan fingerprint density at radius 3 is 2.44 bits per heavy atom. The van der Waals surface area contributed by atoms with Gasteiger partial charge in [0.05, 0.1) is 6.10 Å². The summed E-state index contributed by atoms with van der Waals surface area (Å²) in [6, 6.07) is 6.00. The third-order valence-electron chi connectivity index (χ3n) is 3.38. The summed E-state index contributed by atoms with van der Waals surface area (Å²) in [5.41, 5.74) is 1.02. The maximum absolute atomic E-state index is 10.4. The minimum absolute atomic E-state index is 0.317. The molecule has 1 aromatic rings. The molecule has 1 N–H and O–H groups in total. The van der Waals surface area contributed by atoms with Crippen LogP contribution in [-0.4, -0.2) is 5.11 Å². The van der Waals surface area contributed by atoms with Crippen LogP contribution in [0.4, 0.5) is 0 Å². The van der Waals surface area contributed by atoms with E-state index >= 15 is 0 Å². The van der Waals surface area contributed by atoms with Gasteiger partial charge < -0.3 is 5.11 Å². The van der Waals surface area contributed by atoms with E-state index in [0.29, 0.717) is 5.92 Å². The van der Waals surface area contributed by atoms with Gasteiger partial charge in [-0.05, 0) is 36.5 Å². The summed E-state index contributed by atoms with van der Waals surface area (Å²) in [5.74, 6) is 0.436.